The van der Waals surface area contributed by atoms with E-state index in [1.165, 1.54) is 0 Å². The summed E-state index contributed by atoms with van der Waals surface area (Å²) in [5.41, 5.74) is 2.46. The third-order valence-electron chi connectivity index (χ3n) is 3.67. The van der Waals surface area contributed by atoms with Gasteiger partial charge >= 0.3 is 11.8 Å². The van der Waals surface area contributed by atoms with Crippen LogP contribution in [0.4, 0.5) is 5.69 Å². The normalized spacial score (nSPS) is 10.3. The van der Waals surface area contributed by atoms with Gasteiger partial charge in [0, 0.05) is 17.8 Å². The standard InChI is InChI=1S/C19H22N2O3/c1-13(2)15-9-5-6-10-16(15)21-19(23)18(22)20-12-14-8-4-7-11-17(14)24-3/h4-11,13H,12H2,1-3H3,(H,20,22)(H,21,23). The fraction of sp³-hybridized carbons (Fsp3) is 0.263. The van der Waals surface area contributed by atoms with Crippen molar-refractivity contribution in [3.8, 4) is 5.75 Å². The Balaban J connectivity index is 1.99. The first-order valence-corrected chi connectivity index (χ1v) is 7.83. The molecule has 0 aromatic heterocycles. The van der Waals surface area contributed by atoms with Crippen LogP contribution in [0, 0.1) is 0 Å². The average molecular weight is 326 g/mol. The number of carbonyl (C=O) groups excluding carboxylic acids is 2. The lowest BCUT2D eigenvalue weighted by Gasteiger charge is -2.14. The van der Waals surface area contributed by atoms with E-state index in [0.717, 1.165) is 11.1 Å². The van der Waals surface area contributed by atoms with Crippen LogP contribution in [0.25, 0.3) is 0 Å². The smallest absolute Gasteiger partial charge is 0.313 e. The van der Waals surface area contributed by atoms with Gasteiger partial charge in [-0.3, -0.25) is 9.59 Å². The van der Waals surface area contributed by atoms with Crippen LogP contribution in [-0.2, 0) is 16.1 Å². The van der Waals surface area contributed by atoms with Gasteiger partial charge in [-0.2, -0.15) is 0 Å². The number of rotatable bonds is 5. The molecule has 2 rings (SSSR count). The Labute approximate surface area is 142 Å². The van der Waals surface area contributed by atoms with Gasteiger partial charge in [-0.1, -0.05) is 50.2 Å². The molecular weight excluding hydrogens is 304 g/mol. The summed E-state index contributed by atoms with van der Waals surface area (Å²) in [4.78, 5) is 24.1. The number of ether oxygens (including phenoxy) is 1. The minimum Gasteiger partial charge on any atom is -0.496 e. The highest BCUT2D eigenvalue weighted by atomic mass is 16.5. The van der Waals surface area contributed by atoms with E-state index < -0.39 is 11.8 Å². The Morgan fingerprint density at radius 2 is 1.67 bits per heavy atom. The van der Waals surface area contributed by atoms with Crippen molar-refractivity contribution in [1.82, 2.24) is 5.32 Å². The molecule has 0 spiro atoms. The zero-order valence-electron chi connectivity index (χ0n) is 14.1. The largest absolute Gasteiger partial charge is 0.496 e. The van der Waals surface area contributed by atoms with Crippen molar-refractivity contribution >= 4 is 17.5 Å². The van der Waals surface area contributed by atoms with Gasteiger partial charge in [0.1, 0.15) is 5.75 Å². The molecule has 2 aromatic carbocycles. The number of hydrogen-bond acceptors (Lipinski definition) is 3. The van der Waals surface area contributed by atoms with Crippen molar-refractivity contribution in [3.05, 3.63) is 59.7 Å². The zero-order valence-corrected chi connectivity index (χ0v) is 14.1. The number of carbonyl (C=O) groups is 2. The first kappa shape index (κ1) is 17.5. The van der Waals surface area contributed by atoms with Gasteiger partial charge in [0.25, 0.3) is 0 Å². The number of benzene rings is 2. The quantitative estimate of drug-likeness (QED) is 0.830. The molecule has 0 unspecified atom stereocenters. The third-order valence-corrected chi connectivity index (χ3v) is 3.67. The molecule has 5 heteroatoms. The number of methoxy groups -OCH3 is 1. The van der Waals surface area contributed by atoms with E-state index in [9.17, 15) is 9.59 Å². The maximum atomic E-state index is 12.1. The molecule has 0 aliphatic heterocycles. The van der Waals surface area contributed by atoms with Crippen LogP contribution in [0.2, 0.25) is 0 Å². The van der Waals surface area contributed by atoms with Crippen molar-refractivity contribution < 1.29 is 14.3 Å². The zero-order chi connectivity index (χ0) is 17.5. The van der Waals surface area contributed by atoms with Gasteiger partial charge in [-0.25, -0.2) is 0 Å². The molecule has 2 aromatic rings. The average Bonchev–Trinajstić information content (AvgIpc) is 2.60. The molecule has 2 N–H and O–H groups in total. The van der Waals surface area contributed by atoms with E-state index in [4.69, 9.17) is 4.74 Å². The van der Waals surface area contributed by atoms with Gasteiger partial charge in [-0.05, 0) is 23.6 Å². The summed E-state index contributed by atoms with van der Waals surface area (Å²) in [6.45, 7) is 4.29. The summed E-state index contributed by atoms with van der Waals surface area (Å²) >= 11 is 0. The van der Waals surface area contributed by atoms with Crippen molar-refractivity contribution in [3.63, 3.8) is 0 Å². The van der Waals surface area contributed by atoms with Crippen LogP contribution in [0.3, 0.4) is 0 Å². The van der Waals surface area contributed by atoms with Crippen LogP contribution < -0.4 is 15.4 Å². The second-order valence-electron chi connectivity index (χ2n) is 5.69. The van der Waals surface area contributed by atoms with Crippen molar-refractivity contribution in [2.75, 3.05) is 12.4 Å². The first-order chi connectivity index (χ1) is 11.5. The molecule has 0 aliphatic carbocycles. The lowest BCUT2D eigenvalue weighted by atomic mass is 10.0. The number of para-hydroxylation sites is 2. The Morgan fingerprint density at radius 1 is 1.00 bits per heavy atom. The van der Waals surface area contributed by atoms with E-state index in [1.54, 1.807) is 19.2 Å². The molecule has 0 saturated carbocycles. The first-order valence-electron chi connectivity index (χ1n) is 7.83. The maximum absolute atomic E-state index is 12.1. The van der Waals surface area contributed by atoms with Crippen LogP contribution in [0.15, 0.2) is 48.5 Å². The molecule has 0 radical (unpaired) electrons. The van der Waals surface area contributed by atoms with E-state index >= 15 is 0 Å². The van der Waals surface area contributed by atoms with Crippen molar-refractivity contribution in [2.45, 2.75) is 26.3 Å². The second-order valence-corrected chi connectivity index (χ2v) is 5.69. The summed E-state index contributed by atoms with van der Waals surface area (Å²) in [6.07, 6.45) is 0. The van der Waals surface area contributed by atoms with E-state index in [2.05, 4.69) is 10.6 Å². The Hall–Kier alpha value is -2.82. The van der Waals surface area contributed by atoms with Gasteiger partial charge < -0.3 is 15.4 Å². The molecule has 5 nitrogen and oxygen atoms in total. The predicted molar refractivity (Wildman–Crippen MR) is 94.0 cm³/mol. The number of amides is 2. The van der Waals surface area contributed by atoms with E-state index in [1.807, 2.05) is 50.2 Å². The summed E-state index contributed by atoms with van der Waals surface area (Å²) < 4.78 is 5.22. The number of nitrogens with one attached hydrogen (secondary N) is 2. The monoisotopic (exact) mass is 326 g/mol. The van der Waals surface area contributed by atoms with Gasteiger partial charge in [0.15, 0.2) is 0 Å². The molecule has 0 atom stereocenters. The summed E-state index contributed by atoms with van der Waals surface area (Å²) in [5.74, 6) is -0.445. The molecule has 0 aliphatic rings. The number of hydrogen-bond donors (Lipinski definition) is 2. The third kappa shape index (κ3) is 4.35. The lowest BCUT2D eigenvalue weighted by Crippen LogP contribution is -2.35. The van der Waals surface area contributed by atoms with Gasteiger partial charge in [0.2, 0.25) is 0 Å². The molecule has 0 bridgehead atoms. The molecular formula is C19H22N2O3. The lowest BCUT2D eigenvalue weighted by molar-refractivity contribution is -0.136. The topological polar surface area (TPSA) is 67.4 Å². The molecule has 126 valence electrons. The highest BCUT2D eigenvalue weighted by Crippen LogP contribution is 2.23. The molecule has 24 heavy (non-hydrogen) atoms. The summed E-state index contributed by atoms with van der Waals surface area (Å²) in [7, 11) is 1.57. The SMILES string of the molecule is COc1ccccc1CNC(=O)C(=O)Nc1ccccc1C(C)C. The summed E-state index contributed by atoms with van der Waals surface area (Å²) in [5, 5.41) is 5.29. The van der Waals surface area contributed by atoms with Crippen molar-refractivity contribution in [1.29, 1.82) is 0 Å². The minimum absolute atomic E-state index is 0.224. The van der Waals surface area contributed by atoms with E-state index in [-0.39, 0.29) is 12.5 Å². The molecule has 2 amide bonds. The van der Waals surface area contributed by atoms with Crippen molar-refractivity contribution in [2.24, 2.45) is 0 Å². The predicted octanol–water partition coefficient (Wildman–Crippen LogP) is 3.07. The van der Waals surface area contributed by atoms with Gasteiger partial charge in [-0.15, -0.1) is 0 Å². The van der Waals surface area contributed by atoms with E-state index in [0.29, 0.717) is 11.4 Å². The van der Waals surface area contributed by atoms with Gasteiger partial charge in [0.05, 0.1) is 7.11 Å². The molecule has 0 fully saturated rings. The Bertz CT molecular complexity index is 726. The highest BCUT2D eigenvalue weighted by Gasteiger charge is 2.16. The summed E-state index contributed by atoms with van der Waals surface area (Å²) in [6, 6.07) is 14.8. The molecule has 0 saturated heterocycles. The fourth-order valence-corrected chi connectivity index (χ4v) is 2.40. The molecule has 0 heterocycles. The number of anilines is 1. The second kappa shape index (κ2) is 8.15. The van der Waals surface area contributed by atoms with Crippen LogP contribution in [-0.4, -0.2) is 18.9 Å². The Kier molecular flexibility index (Phi) is 5.95. The van der Waals surface area contributed by atoms with Crippen LogP contribution in [0.5, 0.6) is 5.75 Å². The maximum Gasteiger partial charge on any atom is 0.313 e. The minimum atomic E-state index is -0.682. The Morgan fingerprint density at radius 3 is 2.38 bits per heavy atom. The van der Waals surface area contributed by atoms with Crippen LogP contribution in [0.1, 0.15) is 30.9 Å². The fourth-order valence-electron chi connectivity index (χ4n) is 2.40. The van der Waals surface area contributed by atoms with Crippen LogP contribution >= 0.6 is 0 Å². The highest BCUT2D eigenvalue weighted by molar-refractivity contribution is 6.39.